The molecule has 0 unspecified atom stereocenters. The number of ether oxygens (including phenoxy) is 3. The second-order valence-electron chi connectivity index (χ2n) is 9.14. The largest absolute Gasteiger partial charge is 0.488 e. The van der Waals surface area contributed by atoms with Gasteiger partial charge in [-0.2, -0.15) is 36.4 Å². The molecule has 0 radical (unpaired) electrons. The number of methoxy groups -OCH3 is 1. The van der Waals surface area contributed by atoms with E-state index in [2.05, 4.69) is 20.1 Å². The van der Waals surface area contributed by atoms with Crippen molar-refractivity contribution in [2.24, 2.45) is 5.73 Å². The van der Waals surface area contributed by atoms with E-state index in [1.54, 1.807) is 0 Å². The van der Waals surface area contributed by atoms with Crippen molar-refractivity contribution in [3.05, 3.63) is 35.0 Å². The summed E-state index contributed by atoms with van der Waals surface area (Å²) in [7, 11) is 1.40. The number of nitrogens with two attached hydrogens (primary N) is 1. The Balaban J connectivity index is 1.35. The van der Waals surface area contributed by atoms with Crippen LogP contribution >= 0.6 is 11.3 Å². The van der Waals surface area contributed by atoms with E-state index in [1.807, 2.05) is 0 Å². The summed E-state index contributed by atoms with van der Waals surface area (Å²) in [6.45, 7) is -2.13. The van der Waals surface area contributed by atoms with Gasteiger partial charge in [0.2, 0.25) is 5.88 Å². The van der Waals surface area contributed by atoms with E-state index >= 15 is 0 Å². The molecule has 11 nitrogen and oxygen atoms in total. The van der Waals surface area contributed by atoms with Gasteiger partial charge in [-0.1, -0.05) is 11.3 Å². The van der Waals surface area contributed by atoms with Crippen molar-refractivity contribution in [2.45, 2.75) is 55.8 Å². The standard InChI is InChI=1S/C23H23F6N5O6S/c1-38-20-33-19(16(41-20)17(30)35)40-12-4-2-11(3-5-12)32-18(36)14-8-31-34-9-13(6-7-15(14)34)39-10-21(37,22(24,25)26)23(27,28)29/h6-9,11-12,37H,2-5,10H2,1H3,(H2,30,35)(H,32,36). The van der Waals surface area contributed by atoms with Gasteiger partial charge in [0.05, 0.1) is 30.6 Å². The monoisotopic (exact) mass is 611 g/mol. The van der Waals surface area contributed by atoms with E-state index < -0.39 is 42.1 Å². The summed E-state index contributed by atoms with van der Waals surface area (Å²) >= 11 is 0.964. The molecule has 0 atom stereocenters. The lowest BCUT2D eigenvalue weighted by Crippen LogP contribution is -2.60. The fourth-order valence-corrected chi connectivity index (χ4v) is 4.76. The number of carbonyl (C=O) groups excluding carboxylic acids is 2. The Kier molecular flexibility index (Phi) is 8.26. The Morgan fingerprint density at radius 2 is 1.80 bits per heavy atom. The summed E-state index contributed by atoms with van der Waals surface area (Å²) in [6, 6.07) is 2.06. The van der Waals surface area contributed by atoms with Crippen LogP contribution in [0.2, 0.25) is 0 Å². The normalized spacial score (nSPS) is 18.2. The van der Waals surface area contributed by atoms with Gasteiger partial charge in [0.25, 0.3) is 22.6 Å². The molecule has 4 rings (SSSR count). The second-order valence-corrected chi connectivity index (χ2v) is 10.1. The van der Waals surface area contributed by atoms with Gasteiger partial charge in [-0.05, 0) is 37.8 Å². The summed E-state index contributed by atoms with van der Waals surface area (Å²) in [6.07, 6.45) is -8.06. The molecule has 0 spiro atoms. The molecule has 224 valence electrons. The zero-order valence-electron chi connectivity index (χ0n) is 21.1. The lowest BCUT2D eigenvalue weighted by atomic mass is 9.92. The van der Waals surface area contributed by atoms with Crippen LogP contribution in [0.4, 0.5) is 26.3 Å². The quantitative estimate of drug-likeness (QED) is 0.312. The number of rotatable bonds is 9. The number of alkyl halides is 6. The number of aromatic nitrogens is 3. The summed E-state index contributed by atoms with van der Waals surface area (Å²) in [5, 5.41) is 16.3. The topological polar surface area (TPSA) is 150 Å². The molecule has 0 bridgehead atoms. The molecule has 1 aliphatic carbocycles. The van der Waals surface area contributed by atoms with Gasteiger partial charge in [-0.3, -0.25) is 9.59 Å². The van der Waals surface area contributed by atoms with Crippen molar-refractivity contribution in [1.82, 2.24) is 19.9 Å². The van der Waals surface area contributed by atoms with Crippen LogP contribution in [0.15, 0.2) is 24.5 Å². The number of amides is 2. The third-order valence-electron chi connectivity index (χ3n) is 6.38. The first kappa shape index (κ1) is 30.2. The van der Waals surface area contributed by atoms with Gasteiger partial charge >= 0.3 is 12.4 Å². The summed E-state index contributed by atoms with van der Waals surface area (Å²) in [5.74, 6) is -1.56. The highest BCUT2D eigenvalue weighted by atomic mass is 32.1. The first-order chi connectivity index (χ1) is 19.1. The lowest BCUT2D eigenvalue weighted by Gasteiger charge is -2.31. The Morgan fingerprint density at radius 3 is 2.39 bits per heavy atom. The summed E-state index contributed by atoms with van der Waals surface area (Å²) in [5.41, 5.74) is 0.609. The minimum Gasteiger partial charge on any atom is -0.488 e. The molecule has 3 heterocycles. The van der Waals surface area contributed by atoms with Crippen molar-refractivity contribution in [3.63, 3.8) is 0 Å². The van der Waals surface area contributed by atoms with Crippen LogP contribution in [0.1, 0.15) is 45.7 Å². The van der Waals surface area contributed by atoms with Gasteiger partial charge in [-0.25, -0.2) is 4.52 Å². The van der Waals surface area contributed by atoms with Crippen molar-refractivity contribution < 1.29 is 55.2 Å². The van der Waals surface area contributed by atoms with Crippen LogP contribution in [0.25, 0.3) is 5.52 Å². The van der Waals surface area contributed by atoms with Gasteiger partial charge in [0.15, 0.2) is 4.88 Å². The Hall–Kier alpha value is -3.80. The minimum absolute atomic E-state index is 0.0861. The SMILES string of the molecule is COc1nc(OC2CCC(NC(=O)c3cnn4cc(OCC(O)(C(F)(F)F)C(F)(F)F)ccc34)CC2)c(C(N)=O)s1. The van der Waals surface area contributed by atoms with Crippen molar-refractivity contribution in [1.29, 1.82) is 0 Å². The maximum Gasteiger partial charge on any atom is 0.429 e. The molecule has 0 saturated heterocycles. The number of aliphatic hydroxyl groups is 1. The zero-order chi connectivity index (χ0) is 30.2. The number of nitrogens with zero attached hydrogens (tertiary/aromatic N) is 3. The molecule has 0 aliphatic heterocycles. The molecule has 0 aromatic carbocycles. The fourth-order valence-electron chi connectivity index (χ4n) is 4.09. The van der Waals surface area contributed by atoms with Gasteiger partial charge in [-0.15, -0.1) is 0 Å². The van der Waals surface area contributed by atoms with Crippen LogP contribution in [0.3, 0.4) is 0 Å². The summed E-state index contributed by atoms with van der Waals surface area (Å²) in [4.78, 5) is 28.8. The number of nitrogens with one attached hydrogen (secondary N) is 1. The third-order valence-corrected chi connectivity index (χ3v) is 7.39. The van der Waals surface area contributed by atoms with E-state index in [4.69, 9.17) is 15.2 Å². The Labute approximate surface area is 231 Å². The average Bonchev–Trinajstić information content (AvgIpc) is 3.51. The molecule has 1 fully saturated rings. The van der Waals surface area contributed by atoms with Crippen LogP contribution < -0.4 is 25.3 Å². The second kappa shape index (κ2) is 11.2. The molecular weight excluding hydrogens is 588 g/mol. The molecule has 3 aromatic rings. The van der Waals surface area contributed by atoms with Crippen LogP contribution in [0, 0.1) is 0 Å². The molecule has 3 aromatic heterocycles. The number of primary amides is 1. The zero-order valence-corrected chi connectivity index (χ0v) is 21.9. The molecule has 18 heteroatoms. The first-order valence-corrected chi connectivity index (χ1v) is 12.7. The smallest absolute Gasteiger partial charge is 0.429 e. The maximum atomic E-state index is 12.9. The number of hydrogen-bond donors (Lipinski definition) is 3. The highest BCUT2D eigenvalue weighted by Crippen LogP contribution is 2.43. The molecule has 2 amide bonds. The number of hydrogen-bond acceptors (Lipinski definition) is 9. The van der Waals surface area contributed by atoms with E-state index in [0.717, 1.165) is 28.1 Å². The van der Waals surface area contributed by atoms with Crippen LogP contribution in [0.5, 0.6) is 16.8 Å². The molecule has 4 N–H and O–H groups in total. The Bertz CT molecular complexity index is 1400. The predicted molar refractivity (Wildman–Crippen MR) is 129 cm³/mol. The number of halogens is 6. The van der Waals surface area contributed by atoms with Gasteiger partial charge in [0.1, 0.15) is 18.5 Å². The van der Waals surface area contributed by atoms with Crippen molar-refractivity contribution >= 4 is 28.7 Å². The van der Waals surface area contributed by atoms with E-state index in [9.17, 15) is 41.0 Å². The number of pyridine rings is 1. The molecular formula is C23H23F6N5O6S. The molecule has 41 heavy (non-hydrogen) atoms. The average molecular weight is 612 g/mol. The first-order valence-electron chi connectivity index (χ1n) is 11.9. The number of carbonyl (C=O) groups is 2. The lowest BCUT2D eigenvalue weighted by molar-refractivity contribution is -0.373. The molecule has 1 aliphatic rings. The van der Waals surface area contributed by atoms with E-state index in [0.29, 0.717) is 25.7 Å². The van der Waals surface area contributed by atoms with Crippen LogP contribution in [-0.2, 0) is 0 Å². The van der Waals surface area contributed by atoms with Crippen LogP contribution in [-0.4, -0.2) is 75.3 Å². The molecule has 1 saturated carbocycles. The van der Waals surface area contributed by atoms with E-state index in [1.165, 1.54) is 19.4 Å². The highest BCUT2D eigenvalue weighted by Gasteiger charge is 2.71. The van der Waals surface area contributed by atoms with Gasteiger partial charge < -0.3 is 30.4 Å². The van der Waals surface area contributed by atoms with Crippen molar-refractivity contribution in [2.75, 3.05) is 13.7 Å². The third kappa shape index (κ3) is 6.27. The Morgan fingerprint density at radius 1 is 1.15 bits per heavy atom. The van der Waals surface area contributed by atoms with Gasteiger partial charge in [0, 0.05) is 6.04 Å². The highest BCUT2D eigenvalue weighted by molar-refractivity contribution is 7.15. The number of fused-ring (bicyclic) bond motifs is 1. The predicted octanol–water partition coefficient (Wildman–Crippen LogP) is 3.25. The fraction of sp³-hybridized carbons (Fsp3) is 0.478. The maximum absolute atomic E-state index is 12.9. The van der Waals surface area contributed by atoms with Crippen molar-refractivity contribution in [3.8, 4) is 16.8 Å². The minimum atomic E-state index is -6.03. The van der Waals surface area contributed by atoms with E-state index in [-0.39, 0.29) is 39.2 Å². The number of thiazole rings is 1. The summed E-state index contributed by atoms with van der Waals surface area (Å²) < 4.78 is 93.8.